The van der Waals surface area contributed by atoms with Crippen LogP contribution >= 0.6 is 0 Å². The number of allylic oxidation sites excluding steroid dienone is 1. The summed E-state index contributed by atoms with van der Waals surface area (Å²) < 4.78 is 0. The SMILES string of the molecule is CCCC(=O)C1=C(C)C[C@@H](O)CC1(C)C. The van der Waals surface area contributed by atoms with Crippen LogP contribution in [0.3, 0.4) is 0 Å². The van der Waals surface area contributed by atoms with Crippen LogP contribution in [0.25, 0.3) is 0 Å². The lowest BCUT2D eigenvalue weighted by molar-refractivity contribution is -0.117. The van der Waals surface area contributed by atoms with E-state index in [4.69, 9.17) is 0 Å². The Morgan fingerprint density at radius 3 is 2.60 bits per heavy atom. The molecule has 0 aromatic rings. The highest BCUT2D eigenvalue weighted by molar-refractivity contribution is 5.97. The summed E-state index contributed by atoms with van der Waals surface area (Å²) >= 11 is 0. The van der Waals surface area contributed by atoms with Gasteiger partial charge in [0.05, 0.1) is 6.10 Å². The number of carbonyl (C=O) groups is 1. The van der Waals surface area contributed by atoms with Crippen LogP contribution in [-0.2, 0) is 4.79 Å². The molecule has 2 nitrogen and oxygen atoms in total. The minimum Gasteiger partial charge on any atom is -0.393 e. The summed E-state index contributed by atoms with van der Waals surface area (Å²) in [5.74, 6) is 0.270. The molecule has 0 aromatic heterocycles. The van der Waals surface area contributed by atoms with Gasteiger partial charge >= 0.3 is 0 Å². The lowest BCUT2D eigenvalue weighted by Gasteiger charge is -2.36. The fourth-order valence-electron chi connectivity index (χ4n) is 2.76. The molecule has 86 valence electrons. The topological polar surface area (TPSA) is 37.3 Å². The predicted octanol–water partition coefficient (Wildman–Crippen LogP) is 2.85. The minimum atomic E-state index is -0.279. The monoisotopic (exact) mass is 210 g/mol. The Morgan fingerprint density at radius 1 is 1.53 bits per heavy atom. The molecule has 0 heterocycles. The average molecular weight is 210 g/mol. The Hall–Kier alpha value is -0.630. The molecule has 0 fully saturated rings. The summed E-state index contributed by atoms with van der Waals surface area (Å²) in [6.07, 6.45) is 2.61. The second kappa shape index (κ2) is 4.48. The highest BCUT2D eigenvalue weighted by Gasteiger charge is 2.35. The standard InChI is InChI=1S/C13H22O2/c1-5-6-11(15)12-9(2)7-10(14)8-13(12,3)4/h10,14H,5-8H2,1-4H3/t10-/m1/s1. The van der Waals surface area contributed by atoms with Crippen molar-refractivity contribution in [1.29, 1.82) is 0 Å². The van der Waals surface area contributed by atoms with Crippen LogP contribution in [0, 0.1) is 5.41 Å². The lowest BCUT2D eigenvalue weighted by atomic mass is 9.69. The molecule has 0 unspecified atom stereocenters. The molecule has 1 aliphatic carbocycles. The van der Waals surface area contributed by atoms with Gasteiger partial charge < -0.3 is 5.11 Å². The maximum absolute atomic E-state index is 12.0. The third kappa shape index (κ3) is 2.69. The number of aliphatic hydroxyl groups excluding tert-OH is 1. The Balaban J connectivity index is 3.01. The third-order valence-electron chi connectivity index (χ3n) is 3.15. The summed E-state index contributed by atoms with van der Waals surface area (Å²) in [6.45, 7) is 8.12. The van der Waals surface area contributed by atoms with Gasteiger partial charge in [0.2, 0.25) is 0 Å². The van der Waals surface area contributed by atoms with E-state index in [9.17, 15) is 9.90 Å². The zero-order valence-electron chi connectivity index (χ0n) is 10.3. The van der Waals surface area contributed by atoms with Crippen LogP contribution in [0.1, 0.15) is 53.4 Å². The van der Waals surface area contributed by atoms with Crippen LogP contribution in [0.15, 0.2) is 11.1 Å². The maximum atomic E-state index is 12.0. The largest absolute Gasteiger partial charge is 0.393 e. The van der Waals surface area contributed by atoms with E-state index >= 15 is 0 Å². The molecule has 0 saturated carbocycles. The second-order valence-electron chi connectivity index (χ2n) is 5.27. The molecule has 2 heteroatoms. The van der Waals surface area contributed by atoms with Gasteiger partial charge in [0, 0.05) is 6.42 Å². The molecule has 0 spiro atoms. The van der Waals surface area contributed by atoms with Gasteiger partial charge in [0.1, 0.15) is 0 Å². The van der Waals surface area contributed by atoms with E-state index in [0.29, 0.717) is 19.3 Å². The lowest BCUT2D eigenvalue weighted by Crippen LogP contribution is -2.32. The Kier molecular flexibility index (Phi) is 3.72. The molecule has 1 N–H and O–H groups in total. The van der Waals surface area contributed by atoms with E-state index in [0.717, 1.165) is 17.6 Å². The fraction of sp³-hybridized carbons (Fsp3) is 0.769. The van der Waals surface area contributed by atoms with Gasteiger partial charge in [-0.1, -0.05) is 26.3 Å². The zero-order valence-corrected chi connectivity index (χ0v) is 10.3. The van der Waals surface area contributed by atoms with Gasteiger partial charge in [-0.2, -0.15) is 0 Å². The molecule has 1 atom stereocenters. The number of hydrogen-bond acceptors (Lipinski definition) is 2. The first-order valence-electron chi connectivity index (χ1n) is 5.80. The third-order valence-corrected chi connectivity index (χ3v) is 3.15. The van der Waals surface area contributed by atoms with Gasteiger partial charge in [-0.15, -0.1) is 0 Å². The Bertz CT molecular complexity index is 287. The van der Waals surface area contributed by atoms with Crippen LogP contribution < -0.4 is 0 Å². The summed E-state index contributed by atoms with van der Waals surface area (Å²) in [5.41, 5.74) is 1.89. The van der Waals surface area contributed by atoms with Crippen LogP contribution in [0.4, 0.5) is 0 Å². The van der Waals surface area contributed by atoms with E-state index in [1.807, 2.05) is 13.8 Å². The van der Waals surface area contributed by atoms with Crippen molar-refractivity contribution in [3.05, 3.63) is 11.1 Å². The van der Waals surface area contributed by atoms with E-state index in [2.05, 4.69) is 13.8 Å². The van der Waals surface area contributed by atoms with Crippen molar-refractivity contribution < 1.29 is 9.90 Å². The molecular weight excluding hydrogens is 188 g/mol. The van der Waals surface area contributed by atoms with E-state index < -0.39 is 0 Å². The van der Waals surface area contributed by atoms with Crippen molar-refractivity contribution in [2.45, 2.75) is 59.5 Å². The Labute approximate surface area is 92.4 Å². The van der Waals surface area contributed by atoms with Gasteiger partial charge in [-0.3, -0.25) is 4.79 Å². The van der Waals surface area contributed by atoms with Crippen molar-refractivity contribution >= 4 is 5.78 Å². The molecule has 0 bridgehead atoms. The van der Waals surface area contributed by atoms with Gasteiger partial charge in [0.15, 0.2) is 5.78 Å². The predicted molar refractivity (Wildman–Crippen MR) is 61.6 cm³/mol. The maximum Gasteiger partial charge on any atom is 0.159 e. The second-order valence-corrected chi connectivity index (χ2v) is 5.27. The van der Waals surface area contributed by atoms with Gasteiger partial charge in [-0.25, -0.2) is 0 Å². The fourth-order valence-corrected chi connectivity index (χ4v) is 2.76. The van der Waals surface area contributed by atoms with Crippen molar-refractivity contribution in [3.63, 3.8) is 0 Å². The summed E-state index contributed by atoms with van der Waals surface area (Å²) in [5, 5.41) is 9.70. The van der Waals surface area contributed by atoms with Crippen molar-refractivity contribution in [2.24, 2.45) is 5.41 Å². The summed E-state index contributed by atoms with van der Waals surface area (Å²) in [7, 11) is 0. The van der Waals surface area contributed by atoms with Crippen LogP contribution in [0.5, 0.6) is 0 Å². The molecule has 1 aliphatic rings. The van der Waals surface area contributed by atoms with Crippen molar-refractivity contribution in [1.82, 2.24) is 0 Å². The van der Waals surface area contributed by atoms with Crippen molar-refractivity contribution in [3.8, 4) is 0 Å². The molecular formula is C13H22O2. The number of carbonyl (C=O) groups excluding carboxylic acids is 1. The highest BCUT2D eigenvalue weighted by atomic mass is 16.3. The van der Waals surface area contributed by atoms with E-state index in [-0.39, 0.29) is 17.3 Å². The molecule has 0 saturated heterocycles. The molecule has 0 aromatic carbocycles. The number of rotatable bonds is 3. The number of ketones is 1. The number of hydrogen-bond donors (Lipinski definition) is 1. The van der Waals surface area contributed by atoms with E-state index in [1.54, 1.807) is 0 Å². The highest BCUT2D eigenvalue weighted by Crippen LogP contribution is 2.41. The zero-order chi connectivity index (χ0) is 11.6. The Morgan fingerprint density at radius 2 is 2.13 bits per heavy atom. The molecule has 1 rings (SSSR count). The van der Waals surface area contributed by atoms with Gasteiger partial charge in [-0.05, 0) is 37.2 Å². The average Bonchev–Trinajstić information content (AvgIpc) is 1.99. The van der Waals surface area contributed by atoms with Crippen LogP contribution in [0.2, 0.25) is 0 Å². The summed E-state index contributed by atoms with van der Waals surface area (Å²) in [4.78, 5) is 12.0. The first-order chi connectivity index (χ1) is 6.88. The number of Topliss-reactive ketones (excluding diaryl/α,β-unsaturated/α-hetero) is 1. The first-order valence-corrected chi connectivity index (χ1v) is 5.80. The first kappa shape index (κ1) is 12.4. The minimum absolute atomic E-state index is 0.159. The normalized spacial score (nSPS) is 25.5. The van der Waals surface area contributed by atoms with Gasteiger partial charge in [0.25, 0.3) is 0 Å². The van der Waals surface area contributed by atoms with Crippen LogP contribution in [-0.4, -0.2) is 17.0 Å². The quantitative estimate of drug-likeness (QED) is 0.777. The van der Waals surface area contributed by atoms with Crippen molar-refractivity contribution in [2.75, 3.05) is 0 Å². The molecule has 15 heavy (non-hydrogen) atoms. The number of aliphatic hydroxyl groups is 1. The van der Waals surface area contributed by atoms with E-state index in [1.165, 1.54) is 0 Å². The molecule has 0 aliphatic heterocycles. The summed E-state index contributed by atoms with van der Waals surface area (Å²) in [6, 6.07) is 0. The molecule has 0 amide bonds. The molecule has 0 radical (unpaired) electrons. The smallest absolute Gasteiger partial charge is 0.159 e.